The third-order valence-corrected chi connectivity index (χ3v) is 3.07. The first-order valence-electron chi connectivity index (χ1n) is 5.42. The molecule has 1 rings (SSSR count). The number of benzene rings is 1. The summed E-state index contributed by atoms with van der Waals surface area (Å²) in [6, 6.07) is 8.82. The van der Waals surface area contributed by atoms with Gasteiger partial charge in [0.1, 0.15) is 0 Å². The molecular weight excluding hydrogens is 357 g/mol. The van der Waals surface area contributed by atoms with Gasteiger partial charge in [0.15, 0.2) is 5.41 Å². The van der Waals surface area contributed by atoms with E-state index in [1.165, 1.54) is 0 Å². The van der Waals surface area contributed by atoms with Gasteiger partial charge in [0.2, 0.25) is 0 Å². The molecule has 2 N–H and O–H groups in total. The molecule has 0 saturated carbocycles. The van der Waals surface area contributed by atoms with E-state index in [0.717, 1.165) is 0 Å². The Bertz CT molecular complexity index is 410. The maximum Gasteiger partial charge on any atom is 2.00 e. The molecule has 4 nitrogen and oxygen atoms in total. The fourth-order valence-electron chi connectivity index (χ4n) is 1.86. The monoisotopic (exact) mass is 376 g/mol. The Morgan fingerprint density at radius 3 is 1.94 bits per heavy atom. The first kappa shape index (κ1) is 17.7. The van der Waals surface area contributed by atoms with Gasteiger partial charge < -0.3 is 13.1 Å². The summed E-state index contributed by atoms with van der Waals surface area (Å²) in [4.78, 5) is 22.7. The molecule has 0 bridgehead atoms. The average Bonchev–Trinajstić information content (AvgIpc) is 2.25. The summed E-state index contributed by atoms with van der Waals surface area (Å²) < 4.78 is 0. The van der Waals surface area contributed by atoms with Crippen LogP contribution < -0.4 is 0 Å². The fourth-order valence-corrected chi connectivity index (χ4v) is 1.86. The molecule has 0 saturated heterocycles. The zero-order chi connectivity index (χ0) is 13.1. The van der Waals surface area contributed by atoms with E-state index in [-0.39, 0.29) is 58.2 Å². The van der Waals surface area contributed by atoms with E-state index in [1.54, 1.807) is 38.1 Å². The summed E-state index contributed by atoms with van der Waals surface area (Å²) in [6.07, 6.45) is -0.00380. The first-order chi connectivity index (χ1) is 7.91. The third kappa shape index (κ3) is 3.61. The zero-order valence-corrected chi connectivity index (χ0v) is 15.0. The summed E-state index contributed by atoms with van der Waals surface area (Å²) in [5, 5.41) is 18.5. The van der Waals surface area contributed by atoms with Gasteiger partial charge in [-0.1, -0.05) is 44.2 Å². The van der Waals surface area contributed by atoms with E-state index < -0.39 is 23.3 Å². The minimum atomic E-state index is -1.76. The van der Waals surface area contributed by atoms with Crippen molar-refractivity contribution in [1.82, 2.24) is 0 Å². The van der Waals surface area contributed by atoms with Gasteiger partial charge in [-0.05, 0) is 17.9 Å². The van der Waals surface area contributed by atoms with Crippen molar-refractivity contribution in [2.45, 2.75) is 20.3 Å². The van der Waals surface area contributed by atoms with Crippen molar-refractivity contribution in [3.8, 4) is 0 Å². The van der Waals surface area contributed by atoms with Crippen LogP contribution in [0, 0.1) is 11.3 Å². The molecule has 18 heavy (non-hydrogen) atoms. The molecule has 0 amide bonds. The molecule has 0 fully saturated rings. The molecule has 0 radical (unpaired) electrons. The van der Waals surface area contributed by atoms with Gasteiger partial charge in [-0.2, -0.15) is 0 Å². The normalized spacial score (nSPS) is 10.8. The van der Waals surface area contributed by atoms with E-state index in [0.29, 0.717) is 5.56 Å². The first-order valence-corrected chi connectivity index (χ1v) is 5.42. The standard InChI is InChI=1S/C13H16O4.Ba.2H/c1-9(2)13(11(14)15,12(16)17)8-10-6-4-3-5-7-10;;;/h3-7,9H,8H2,1-2H3,(H,14,15)(H,16,17);;;/q;+2;2*-1. The minimum Gasteiger partial charge on any atom is -1.00 e. The summed E-state index contributed by atoms with van der Waals surface area (Å²) in [7, 11) is 0. The predicted octanol–water partition coefficient (Wildman–Crippen LogP) is 1.88. The number of rotatable bonds is 5. The Balaban J connectivity index is -0.000000963. The Morgan fingerprint density at radius 1 is 1.17 bits per heavy atom. The van der Waals surface area contributed by atoms with E-state index in [1.807, 2.05) is 6.07 Å². The second-order valence-corrected chi connectivity index (χ2v) is 4.40. The van der Waals surface area contributed by atoms with Crippen LogP contribution in [0.4, 0.5) is 0 Å². The van der Waals surface area contributed by atoms with Gasteiger partial charge >= 0.3 is 60.8 Å². The number of carboxylic acid groups (broad SMARTS) is 2. The Kier molecular flexibility index (Phi) is 7.24. The van der Waals surface area contributed by atoms with Crippen LogP contribution in [-0.2, 0) is 16.0 Å². The molecule has 0 atom stereocenters. The topological polar surface area (TPSA) is 74.6 Å². The van der Waals surface area contributed by atoms with Crippen LogP contribution in [0.2, 0.25) is 0 Å². The zero-order valence-electron chi connectivity index (χ0n) is 12.6. The molecule has 1 aromatic carbocycles. The van der Waals surface area contributed by atoms with E-state index >= 15 is 0 Å². The Labute approximate surface area is 149 Å². The van der Waals surface area contributed by atoms with Crippen molar-refractivity contribution in [2.75, 3.05) is 0 Å². The summed E-state index contributed by atoms with van der Waals surface area (Å²) in [5.74, 6) is -3.06. The van der Waals surface area contributed by atoms with Crippen LogP contribution in [0.5, 0.6) is 0 Å². The van der Waals surface area contributed by atoms with Crippen LogP contribution in [0.15, 0.2) is 30.3 Å². The van der Waals surface area contributed by atoms with Crippen LogP contribution in [0.3, 0.4) is 0 Å². The van der Waals surface area contributed by atoms with Gasteiger partial charge in [-0.15, -0.1) is 0 Å². The van der Waals surface area contributed by atoms with Gasteiger partial charge in [0.25, 0.3) is 0 Å². The Morgan fingerprint density at radius 2 is 1.61 bits per heavy atom. The maximum absolute atomic E-state index is 11.3. The smallest absolute Gasteiger partial charge is 1.00 e. The molecular formula is C13H18BaO4. The quantitative estimate of drug-likeness (QED) is 0.609. The number of aliphatic carboxylic acids is 2. The van der Waals surface area contributed by atoms with E-state index in [2.05, 4.69) is 0 Å². The predicted molar refractivity (Wildman–Crippen MR) is 70.7 cm³/mol. The molecule has 0 aromatic heterocycles. The molecule has 1 aromatic rings. The van der Waals surface area contributed by atoms with Crippen LogP contribution in [0.1, 0.15) is 22.3 Å². The SMILES string of the molecule is CC(C)C(Cc1ccccc1)(C(=O)O)C(=O)O.[Ba+2].[H-].[H-]. The van der Waals surface area contributed by atoms with Crippen LogP contribution in [0.25, 0.3) is 0 Å². The van der Waals surface area contributed by atoms with E-state index in [9.17, 15) is 19.8 Å². The largest absolute Gasteiger partial charge is 2.00 e. The van der Waals surface area contributed by atoms with Crippen molar-refractivity contribution in [3.05, 3.63) is 35.9 Å². The molecule has 0 spiro atoms. The van der Waals surface area contributed by atoms with Crippen molar-refractivity contribution >= 4 is 60.8 Å². The van der Waals surface area contributed by atoms with Crippen molar-refractivity contribution < 1.29 is 22.7 Å². The van der Waals surface area contributed by atoms with Gasteiger partial charge in [-0.25, -0.2) is 0 Å². The second kappa shape index (κ2) is 7.35. The second-order valence-electron chi connectivity index (χ2n) is 4.40. The van der Waals surface area contributed by atoms with Gasteiger partial charge in [0.05, 0.1) is 0 Å². The number of carboxylic acids is 2. The number of carbonyl (C=O) groups is 2. The van der Waals surface area contributed by atoms with Crippen LogP contribution >= 0.6 is 0 Å². The van der Waals surface area contributed by atoms with Gasteiger partial charge in [-0.3, -0.25) is 9.59 Å². The van der Waals surface area contributed by atoms with Gasteiger partial charge in [0, 0.05) is 0 Å². The molecule has 0 heterocycles. The maximum atomic E-state index is 11.3. The molecule has 0 unspecified atom stereocenters. The molecule has 0 aliphatic rings. The Hall–Kier alpha value is -0.269. The molecule has 96 valence electrons. The fraction of sp³-hybridized carbons (Fsp3) is 0.385. The van der Waals surface area contributed by atoms with Crippen LogP contribution in [-0.4, -0.2) is 71.0 Å². The van der Waals surface area contributed by atoms with Crippen molar-refractivity contribution in [3.63, 3.8) is 0 Å². The summed E-state index contributed by atoms with van der Waals surface area (Å²) in [5.41, 5.74) is -1.05. The average molecular weight is 376 g/mol. The molecule has 0 aliphatic carbocycles. The van der Waals surface area contributed by atoms with E-state index in [4.69, 9.17) is 0 Å². The summed E-state index contributed by atoms with van der Waals surface area (Å²) in [6.45, 7) is 3.23. The number of hydrogen-bond acceptors (Lipinski definition) is 2. The molecule has 0 aliphatic heterocycles. The van der Waals surface area contributed by atoms with Crippen molar-refractivity contribution in [1.29, 1.82) is 0 Å². The third-order valence-electron chi connectivity index (χ3n) is 3.07. The minimum absolute atomic E-state index is 0. The molecule has 5 heteroatoms. The number of hydrogen-bond donors (Lipinski definition) is 2. The summed E-state index contributed by atoms with van der Waals surface area (Å²) >= 11 is 0. The van der Waals surface area contributed by atoms with Crippen molar-refractivity contribution in [2.24, 2.45) is 11.3 Å².